The monoisotopic (exact) mass is 391 g/mol. The Labute approximate surface area is 160 Å². The van der Waals surface area contributed by atoms with Crippen molar-refractivity contribution in [1.82, 2.24) is 9.88 Å². The van der Waals surface area contributed by atoms with Crippen molar-refractivity contribution in [1.29, 1.82) is 0 Å². The first-order chi connectivity index (χ1) is 12.4. The first-order valence-corrected chi connectivity index (χ1v) is 9.44. The molecule has 1 aromatic heterocycles. The van der Waals surface area contributed by atoms with Gasteiger partial charge < -0.3 is 10.2 Å². The number of hydrogen-bond donors (Lipinski definition) is 1. The number of rotatable bonds is 5. The summed E-state index contributed by atoms with van der Waals surface area (Å²) in [5, 5.41) is 3.82. The van der Waals surface area contributed by atoms with Crippen molar-refractivity contribution in [2.24, 2.45) is 0 Å². The molecular weight excluding hydrogens is 374 g/mol. The maximum atomic E-state index is 12.4. The van der Waals surface area contributed by atoms with Gasteiger partial charge in [0.15, 0.2) is 10.9 Å². The number of carbonyl (C=O) groups is 3. The molecule has 0 unspecified atom stereocenters. The minimum Gasteiger partial charge on any atom is -0.337 e. The number of nitrogens with zero attached hydrogens (tertiary/aromatic N) is 2. The smallest absolute Gasteiger partial charge is 0.223 e. The molecule has 2 aromatic rings. The summed E-state index contributed by atoms with van der Waals surface area (Å²) in [4.78, 5) is 42.9. The molecule has 8 heteroatoms. The normalized spacial score (nSPS) is 13.2. The number of amides is 2. The molecule has 2 amide bonds. The molecular formula is C18H18ClN3O3S. The molecule has 1 aliphatic rings. The number of fused-ring (bicyclic) bond motifs is 1. The van der Waals surface area contributed by atoms with E-state index in [4.69, 9.17) is 11.6 Å². The summed E-state index contributed by atoms with van der Waals surface area (Å²) in [6.45, 7) is 2.48. The van der Waals surface area contributed by atoms with E-state index in [1.807, 2.05) is 0 Å². The van der Waals surface area contributed by atoms with Crippen LogP contribution >= 0.6 is 22.9 Å². The third-order valence-electron chi connectivity index (χ3n) is 4.10. The van der Waals surface area contributed by atoms with E-state index in [0.29, 0.717) is 35.2 Å². The fourth-order valence-electron chi connectivity index (χ4n) is 2.77. The zero-order valence-corrected chi connectivity index (χ0v) is 15.8. The van der Waals surface area contributed by atoms with E-state index in [0.717, 1.165) is 10.6 Å². The average molecular weight is 392 g/mol. The van der Waals surface area contributed by atoms with Crippen molar-refractivity contribution in [3.8, 4) is 0 Å². The molecule has 0 atom stereocenters. The van der Waals surface area contributed by atoms with Gasteiger partial charge in [-0.2, -0.15) is 0 Å². The number of ketones is 1. The van der Waals surface area contributed by atoms with Crippen molar-refractivity contribution in [2.45, 2.75) is 32.7 Å². The summed E-state index contributed by atoms with van der Waals surface area (Å²) in [6, 6.07) is 6.67. The summed E-state index contributed by atoms with van der Waals surface area (Å²) >= 11 is 7.21. The lowest BCUT2D eigenvalue weighted by Crippen LogP contribution is -2.35. The highest BCUT2D eigenvalue weighted by Crippen LogP contribution is 2.28. The van der Waals surface area contributed by atoms with Gasteiger partial charge in [0.2, 0.25) is 11.8 Å². The van der Waals surface area contributed by atoms with E-state index in [1.54, 1.807) is 29.2 Å². The van der Waals surface area contributed by atoms with Crippen LogP contribution in [0.3, 0.4) is 0 Å². The highest BCUT2D eigenvalue weighted by molar-refractivity contribution is 7.15. The first kappa shape index (κ1) is 18.5. The third kappa shape index (κ3) is 4.47. The quantitative estimate of drug-likeness (QED) is 0.793. The number of hydrogen-bond acceptors (Lipinski definition) is 5. The van der Waals surface area contributed by atoms with Gasteiger partial charge >= 0.3 is 0 Å². The summed E-state index contributed by atoms with van der Waals surface area (Å²) in [5.41, 5.74) is 1.49. The molecule has 6 nitrogen and oxygen atoms in total. The van der Waals surface area contributed by atoms with E-state index in [2.05, 4.69) is 10.3 Å². The van der Waals surface area contributed by atoms with Gasteiger partial charge in [0.1, 0.15) is 0 Å². The second-order valence-electron chi connectivity index (χ2n) is 6.07. The molecule has 0 saturated carbocycles. The van der Waals surface area contributed by atoms with E-state index in [-0.39, 0.29) is 30.4 Å². The van der Waals surface area contributed by atoms with Crippen LogP contribution in [0.4, 0.5) is 5.13 Å². The second-order valence-corrected chi connectivity index (χ2v) is 7.59. The van der Waals surface area contributed by atoms with Crippen LogP contribution in [0.2, 0.25) is 5.02 Å². The summed E-state index contributed by atoms with van der Waals surface area (Å²) in [7, 11) is 0. The van der Waals surface area contributed by atoms with Crippen LogP contribution in [0.25, 0.3) is 0 Å². The summed E-state index contributed by atoms with van der Waals surface area (Å²) < 4.78 is 0. The lowest BCUT2D eigenvalue weighted by molar-refractivity contribution is -0.132. The molecule has 1 aliphatic heterocycles. The predicted molar refractivity (Wildman–Crippen MR) is 101 cm³/mol. The number of carbonyl (C=O) groups excluding carboxylic acids is 3. The zero-order valence-electron chi connectivity index (χ0n) is 14.3. The summed E-state index contributed by atoms with van der Waals surface area (Å²) in [6.07, 6.45) is 1.00. The van der Waals surface area contributed by atoms with Crippen LogP contribution in [0.15, 0.2) is 24.3 Å². The molecule has 136 valence electrons. The molecule has 0 radical (unpaired) electrons. The highest BCUT2D eigenvalue weighted by atomic mass is 35.5. The van der Waals surface area contributed by atoms with Crippen LogP contribution in [0, 0.1) is 0 Å². The molecule has 3 rings (SSSR count). The van der Waals surface area contributed by atoms with Crippen molar-refractivity contribution in [3.05, 3.63) is 45.4 Å². The molecule has 0 saturated heterocycles. The SMILES string of the molecule is CC(=O)Nc1nc2c(s1)CN(C(=O)CCC(=O)c1ccc(Cl)cc1)CC2. The summed E-state index contributed by atoms with van der Waals surface area (Å²) in [5.74, 6) is -0.282. The minimum absolute atomic E-state index is 0.0487. The van der Waals surface area contributed by atoms with Crippen LogP contribution in [-0.2, 0) is 22.6 Å². The Hall–Kier alpha value is -2.25. The standard InChI is InChI=1S/C18H18ClN3O3S/c1-11(23)20-18-21-14-8-9-22(10-16(14)26-18)17(25)7-6-15(24)12-2-4-13(19)5-3-12/h2-5H,6-10H2,1H3,(H,20,21,23). The highest BCUT2D eigenvalue weighted by Gasteiger charge is 2.24. The van der Waals surface area contributed by atoms with Gasteiger partial charge in [-0.3, -0.25) is 14.4 Å². The van der Waals surface area contributed by atoms with Gasteiger partial charge in [-0.1, -0.05) is 22.9 Å². The molecule has 0 aliphatic carbocycles. The van der Waals surface area contributed by atoms with E-state index in [1.165, 1.54) is 18.3 Å². The van der Waals surface area contributed by atoms with Gasteiger partial charge in [-0.15, -0.1) is 0 Å². The Kier molecular flexibility index (Phi) is 5.68. The first-order valence-electron chi connectivity index (χ1n) is 8.25. The molecule has 1 aromatic carbocycles. The molecule has 0 spiro atoms. The molecule has 0 fully saturated rings. The number of anilines is 1. The third-order valence-corrected chi connectivity index (χ3v) is 5.35. The Bertz CT molecular complexity index is 848. The maximum Gasteiger partial charge on any atom is 0.223 e. The predicted octanol–water partition coefficient (Wildman–Crippen LogP) is 3.30. The van der Waals surface area contributed by atoms with E-state index >= 15 is 0 Å². The number of aromatic nitrogens is 1. The average Bonchev–Trinajstić information content (AvgIpc) is 3.00. The molecule has 26 heavy (non-hydrogen) atoms. The van der Waals surface area contributed by atoms with Gasteiger partial charge in [0.05, 0.1) is 12.2 Å². The van der Waals surface area contributed by atoms with Gasteiger partial charge in [-0.25, -0.2) is 4.98 Å². The van der Waals surface area contributed by atoms with Crippen molar-refractivity contribution in [2.75, 3.05) is 11.9 Å². The van der Waals surface area contributed by atoms with Crippen molar-refractivity contribution in [3.63, 3.8) is 0 Å². The Morgan fingerprint density at radius 2 is 1.96 bits per heavy atom. The van der Waals surface area contributed by atoms with Crippen LogP contribution < -0.4 is 5.32 Å². The molecule has 2 heterocycles. The number of halogens is 1. The van der Waals surface area contributed by atoms with Crippen LogP contribution in [-0.4, -0.2) is 34.0 Å². The maximum absolute atomic E-state index is 12.4. The van der Waals surface area contributed by atoms with E-state index in [9.17, 15) is 14.4 Å². The topological polar surface area (TPSA) is 79.4 Å². The van der Waals surface area contributed by atoms with Crippen LogP contribution in [0.5, 0.6) is 0 Å². The fourth-order valence-corrected chi connectivity index (χ4v) is 3.97. The molecule has 1 N–H and O–H groups in total. The Balaban J connectivity index is 1.55. The van der Waals surface area contributed by atoms with Crippen LogP contribution in [0.1, 0.15) is 40.7 Å². The second kappa shape index (κ2) is 7.97. The molecule has 0 bridgehead atoms. The Morgan fingerprint density at radius 3 is 2.65 bits per heavy atom. The number of Topliss-reactive ketones (excluding diaryl/α,β-unsaturated/α-hetero) is 1. The number of thiazole rings is 1. The number of nitrogens with one attached hydrogen (secondary N) is 1. The van der Waals surface area contributed by atoms with E-state index < -0.39 is 0 Å². The van der Waals surface area contributed by atoms with Gasteiger partial charge in [0.25, 0.3) is 0 Å². The minimum atomic E-state index is -0.162. The van der Waals surface area contributed by atoms with Gasteiger partial charge in [-0.05, 0) is 24.3 Å². The lowest BCUT2D eigenvalue weighted by Gasteiger charge is -2.26. The van der Waals surface area contributed by atoms with Crippen molar-refractivity contribution < 1.29 is 14.4 Å². The fraction of sp³-hybridized carbons (Fsp3) is 0.333. The Morgan fingerprint density at radius 1 is 1.23 bits per heavy atom. The number of benzene rings is 1. The largest absolute Gasteiger partial charge is 0.337 e. The van der Waals surface area contributed by atoms with Crippen molar-refractivity contribution >= 4 is 45.7 Å². The lowest BCUT2D eigenvalue weighted by atomic mass is 10.1. The zero-order chi connectivity index (χ0) is 18.7. The van der Waals surface area contributed by atoms with Gasteiger partial charge in [0, 0.05) is 48.2 Å².